The first-order chi connectivity index (χ1) is 20.1. The largest absolute Gasteiger partial charge is 0.462 e. The predicted octanol–water partition coefficient (Wildman–Crippen LogP) is 5.62. The second-order valence-electron chi connectivity index (χ2n) is 10.8. The van der Waals surface area contributed by atoms with Crippen LogP contribution < -0.4 is 20.7 Å². The van der Waals surface area contributed by atoms with Gasteiger partial charge in [-0.25, -0.2) is 9.37 Å². The van der Waals surface area contributed by atoms with Crippen LogP contribution in [0, 0.1) is 12.7 Å². The lowest BCUT2D eigenvalue weighted by molar-refractivity contribution is -0.137. The number of nitrogens with zero attached hydrogens (tertiary/aromatic N) is 5. The highest BCUT2D eigenvalue weighted by Crippen LogP contribution is 2.49. The zero-order valence-corrected chi connectivity index (χ0v) is 24.4. The smallest absolute Gasteiger partial charge is 0.446 e. The van der Waals surface area contributed by atoms with Crippen LogP contribution in [0.15, 0.2) is 17.0 Å². The molecule has 1 aromatic carbocycles. The van der Waals surface area contributed by atoms with E-state index in [4.69, 9.17) is 10.5 Å². The Labute approximate surface area is 247 Å². The van der Waals surface area contributed by atoms with E-state index in [2.05, 4.69) is 25.2 Å². The third-order valence-corrected chi connectivity index (χ3v) is 8.46. The lowest BCUT2D eigenvalue weighted by Gasteiger charge is -2.35. The second kappa shape index (κ2) is 11.8. The molecule has 2 aromatic heterocycles. The van der Waals surface area contributed by atoms with E-state index in [1.54, 1.807) is 4.90 Å². The van der Waals surface area contributed by atoms with Gasteiger partial charge >= 0.3 is 17.7 Å². The van der Waals surface area contributed by atoms with Crippen molar-refractivity contribution in [3.8, 4) is 17.3 Å². The number of ether oxygens (including phenoxy) is 1. The number of piperazine rings is 1. The molecule has 0 amide bonds. The summed E-state index contributed by atoms with van der Waals surface area (Å²) in [5.74, 6) is -1.71. The number of nitrogen functional groups attached to an aromatic ring is 1. The van der Waals surface area contributed by atoms with Gasteiger partial charge in [0.1, 0.15) is 23.8 Å². The lowest BCUT2D eigenvalue weighted by atomic mass is 9.98. The summed E-state index contributed by atoms with van der Waals surface area (Å²) in [4.78, 5) is 15.5. The number of fused-ring (bicyclic) bond motifs is 1. The van der Waals surface area contributed by atoms with Crippen LogP contribution in [-0.4, -0.2) is 77.3 Å². The number of thioether (sulfide) groups is 1. The third kappa shape index (κ3) is 6.55. The molecule has 0 bridgehead atoms. The molecule has 3 N–H and O–H groups in total. The van der Waals surface area contributed by atoms with Crippen molar-refractivity contribution in [2.24, 2.45) is 0 Å². The number of rotatable bonds is 6. The maximum Gasteiger partial charge on any atom is 0.446 e. The number of hydrogen-bond donors (Lipinski definition) is 2. The standard InChI is InChI=1S/C27H30F7N7OS/c1-13-9-18(35)37-23(20(13)26(29,30)31)19-17(43-27(32,33)34)10-16-22(21(19)28)38-25(42-12-15-5-4-7-40(15)3)39-24(16)41-8-6-36-11-14(41)2/h9-10,14-15,36H,4-8,11-12H2,1-3H3,(H2,35,37). The van der Waals surface area contributed by atoms with E-state index in [1.165, 1.54) is 0 Å². The molecule has 4 heterocycles. The van der Waals surface area contributed by atoms with Gasteiger partial charge in [-0.05, 0) is 69.7 Å². The Kier molecular flexibility index (Phi) is 8.57. The summed E-state index contributed by atoms with van der Waals surface area (Å²) in [5, 5.41) is 3.11. The number of anilines is 2. The quantitative estimate of drug-likeness (QED) is 0.265. The molecule has 5 rings (SSSR count). The number of hydrogen-bond acceptors (Lipinski definition) is 9. The summed E-state index contributed by atoms with van der Waals surface area (Å²) in [5.41, 5.74) is -3.59. The number of alkyl halides is 6. The van der Waals surface area contributed by atoms with Gasteiger partial charge in [-0.1, -0.05) is 0 Å². The molecule has 0 radical (unpaired) electrons. The van der Waals surface area contributed by atoms with Crippen LogP contribution in [0.25, 0.3) is 22.2 Å². The van der Waals surface area contributed by atoms with Gasteiger partial charge in [0.05, 0.1) is 16.8 Å². The fourth-order valence-electron chi connectivity index (χ4n) is 5.63. The molecule has 16 heteroatoms. The fraction of sp³-hybridized carbons (Fsp3) is 0.519. The van der Waals surface area contributed by atoms with Crippen molar-refractivity contribution < 1.29 is 35.5 Å². The van der Waals surface area contributed by atoms with Gasteiger partial charge in [0.2, 0.25) is 0 Å². The number of pyridine rings is 1. The van der Waals surface area contributed by atoms with Crippen molar-refractivity contribution in [1.82, 2.24) is 25.2 Å². The topological polar surface area (TPSA) is 92.4 Å². The van der Waals surface area contributed by atoms with Gasteiger partial charge in [0.25, 0.3) is 0 Å². The summed E-state index contributed by atoms with van der Waals surface area (Å²) in [6, 6.07) is 1.52. The average molecular weight is 634 g/mol. The van der Waals surface area contributed by atoms with Crippen LogP contribution in [0.1, 0.15) is 30.9 Å². The van der Waals surface area contributed by atoms with Crippen molar-refractivity contribution in [1.29, 1.82) is 0 Å². The first-order valence-corrected chi connectivity index (χ1v) is 14.4. The molecule has 2 fully saturated rings. The number of halogens is 7. The molecule has 2 aliphatic rings. The van der Waals surface area contributed by atoms with Crippen molar-refractivity contribution in [3.05, 3.63) is 29.1 Å². The zero-order valence-electron chi connectivity index (χ0n) is 23.5. The van der Waals surface area contributed by atoms with Gasteiger partial charge in [-0.15, -0.1) is 0 Å². The summed E-state index contributed by atoms with van der Waals surface area (Å²) in [6.07, 6.45) is -3.27. The Balaban J connectivity index is 1.79. The molecule has 8 nitrogen and oxygen atoms in total. The van der Waals surface area contributed by atoms with Crippen LogP contribution in [0.5, 0.6) is 6.01 Å². The molecule has 0 saturated carbocycles. The highest BCUT2D eigenvalue weighted by atomic mass is 32.2. The highest BCUT2D eigenvalue weighted by Gasteiger charge is 2.40. The van der Waals surface area contributed by atoms with Gasteiger partial charge in [0, 0.05) is 42.0 Å². The maximum absolute atomic E-state index is 16.6. The zero-order chi connectivity index (χ0) is 31.3. The number of aromatic nitrogens is 3. The normalized spacial score (nSPS) is 20.3. The van der Waals surface area contributed by atoms with Crippen LogP contribution in [0.4, 0.5) is 42.4 Å². The number of nitrogens with two attached hydrogens (primary N) is 1. The van der Waals surface area contributed by atoms with Crippen LogP contribution in [-0.2, 0) is 6.18 Å². The minimum absolute atomic E-state index is 0.0423. The number of likely N-dealkylation sites (tertiary alicyclic amines) is 1. The van der Waals surface area contributed by atoms with Gasteiger partial charge in [-0.3, -0.25) is 0 Å². The molecule has 234 valence electrons. The molecule has 43 heavy (non-hydrogen) atoms. The molecule has 0 aliphatic carbocycles. The van der Waals surface area contributed by atoms with E-state index >= 15 is 4.39 Å². The number of aryl methyl sites for hydroxylation is 1. The van der Waals surface area contributed by atoms with Crippen LogP contribution in [0.2, 0.25) is 0 Å². The lowest BCUT2D eigenvalue weighted by Crippen LogP contribution is -2.50. The van der Waals surface area contributed by atoms with Crippen molar-refractivity contribution in [3.63, 3.8) is 0 Å². The number of benzene rings is 1. The van der Waals surface area contributed by atoms with Gasteiger partial charge in [-0.2, -0.15) is 36.3 Å². The van der Waals surface area contributed by atoms with Crippen molar-refractivity contribution >= 4 is 34.3 Å². The number of likely N-dealkylation sites (N-methyl/N-ethyl adjacent to an activating group) is 1. The van der Waals surface area contributed by atoms with Crippen LogP contribution >= 0.6 is 11.8 Å². The summed E-state index contributed by atoms with van der Waals surface area (Å²) >= 11 is -0.741. The van der Waals surface area contributed by atoms with E-state index in [0.29, 0.717) is 19.6 Å². The van der Waals surface area contributed by atoms with E-state index in [-0.39, 0.29) is 35.9 Å². The highest BCUT2D eigenvalue weighted by molar-refractivity contribution is 8.00. The van der Waals surface area contributed by atoms with Crippen molar-refractivity contribution in [2.75, 3.05) is 50.5 Å². The molecule has 3 aromatic rings. The molecule has 0 spiro atoms. The van der Waals surface area contributed by atoms with Gasteiger partial charge in [0.15, 0.2) is 5.82 Å². The molecule has 2 atom stereocenters. The average Bonchev–Trinajstić information content (AvgIpc) is 3.30. The van der Waals surface area contributed by atoms with E-state index in [0.717, 1.165) is 38.4 Å². The minimum atomic E-state index is -5.07. The summed E-state index contributed by atoms with van der Waals surface area (Å²) in [7, 11) is 1.93. The van der Waals surface area contributed by atoms with E-state index in [1.807, 2.05) is 14.0 Å². The first-order valence-electron chi connectivity index (χ1n) is 13.6. The first kappa shape index (κ1) is 31.3. The monoisotopic (exact) mass is 633 g/mol. The molecule has 2 saturated heterocycles. The van der Waals surface area contributed by atoms with Gasteiger partial charge < -0.3 is 25.6 Å². The second-order valence-corrected chi connectivity index (χ2v) is 11.9. The summed E-state index contributed by atoms with van der Waals surface area (Å²) < 4.78 is 107. The molecule has 2 aliphatic heterocycles. The minimum Gasteiger partial charge on any atom is -0.462 e. The summed E-state index contributed by atoms with van der Waals surface area (Å²) in [6.45, 7) is 5.39. The SMILES string of the molecule is Cc1cc(N)nc(-c2c(SC(F)(F)F)cc3c(N4CCNCC4C)nc(OCC4CCCN4C)nc3c2F)c1C(F)(F)F. The predicted molar refractivity (Wildman–Crippen MR) is 150 cm³/mol. The Morgan fingerprint density at radius 2 is 1.86 bits per heavy atom. The Bertz CT molecular complexity index is 1520. The fourth-order valence-corrected chi connectivity index (χ4v) is 6.34. The van der Waals surface area contributed by atoms with E-state index in [9.17, 15) is 26.3 Å². The Hall–Kier alpha value is -3.11. The Morgan fingerprint density at radius 3 is 2.49 bits per heavy atom. The van der Waals surface area contributed by atoms with E-state index < -0.39 is 67.9 Å². The maximum atomic E-state index is 16.6. The number of nitrogens with one attached hydrogen (secondary N) is 1. The molecular formula is C27H30F7N7OS. The molecule has 2 unspecified atom stereocenters. The van der Waals surface area contributed by atoms with Crippen molar-refractivity contribution in [2.45, 2.75) is 55.4 Å². The van der Waals surface area contributed by atoms with Crippen LogP contribution in [0.3, 0.4) is 0 Å². The third-order valence-electron chi connectivity index (χ3n) is 7.69. The Morgan fingerprint density at radius 1 is 1.12 bits per heavy atom. The molecular weight excluding hydrogens is 603 g/mol.